The summed E-state index contributed by atoms with van der Waals surface area (Å²) in [4.78, 5) is 0. The minimum Gasteiger partial charge on any atom is -0.330 e. The third kappa shape index (κ3) is 2.18. The molecule has 0 unspecified atom stereocenters. The molecule has 0 amide bonds. The van der Waals surface area contributed by atoms with Crippen LogP contribution in [0.1, 0.15) is 37.7 Å². The molecule has 1 aliphatic carbocycles. The average Bonchev–Trinajstić information content (AvgIpc) is 2.41. The third-order valence-corrected chi connectivity index (χ3v) is 4.57. The third-order valence-electron chi connectivity index (χ3n) is 3.88. The maximum absolute atomic E-state index is 14.1. The fourth-order valence-corrected chi connectivity index (χ4v) is 3.17. The summed E-state index contributed by atoms with van der Waals surface area (Å²) >= 11 is 2.77. The molecule has 2 N–H and O–H groups in total. The van der Waals surface area contributed by atoms with Gasteiger partial charge in [-0.1, -0.05) is 19.3 Å². The van der Waals surface area contributed by atoms with Gasteiger partial charge in [0.1, 0.15) is 5.82 Å². The molecule has 1 fully saturated rings. The van der Waals surface area contributed by atoms with Gasteiger partial charge in [-0.25, -0.2) is 13.2 Å². The van der Waals surface area contributed by atoms with Crippen molar-refractivity contribution in [2.24, 2.45) is 5.73 Å². The first kappa shape index (κ1) is 13.9. The smallest absolute Gasteiger partial charge is 0.175 e. The predicted molar refractivity (Wildman–Crippen MR) is 67.8 cm³/mol. The summed E-state index contributed by atoms with van der Waals surface area (Å²) in [7, 11) is 0. The predicted octanol–water partition coefficient (Wildman–Crippen LogP) is 4.03. The van der Waals surface area contributed by atoms with Crippen LogP contribution in [-0.4, -0.2) is 6.54 Å². The SMILES string of the molecule is NCC1(c2cc(F)c(F)c(Br)c2F)CCCCC1. The maximum atomic E-state index is 14.1. The van der Waals surface area contributed by atoms with E-state index in [-0.39, 0.29) is 12.1 Å². The van der Waals surface area contributed by atoms with E-state index >= 15 is 0 Å². The van der Waals surface area contributed by atoms with Gasteiger partial charge >= 0.3 is 0 Å². The van der Waals surface area contributed by atoms with E-state index < -0.39 is 27.3 Å². The molecular formula is C13H15BrF3N. The summed E-state index contributed by atoms with van der Waals surface area (Å²) in [6.45, 7) is 0.251. The topological polar surface area (TPSA) is 26.0 Å². The number of hydrogen-bond donors (Lipinski definition) is 1. The second kappa shape index (κ2) is 5.21. The first-order valence-corrected chi connectivity index (χ1v) is 6.85. The fraction of sp³-hybridized carbons (Fsp3) is 0.538. The van der Waals surface area contributed by atoms with E-state index in [1.54, 1.807) is 0 Å². The molecule has 1 aromatic rings. The van der Waals surface area contributed by atoms with Crippen LogP contribution in [-0.2, 0) is 5.41 Å². The maximum Gasteiger partial charge on any atom is 0.175 e. The molecule has 18 heavy (non-hydrogen) atoms. The highest BCUT2D eigenvalue weighted by Gasteiger charge is 2.36. The lowest BCUT2D eigenvalue weighted by Gasteiger charge is -2.37. The standard InChI is InChI=1S/C13H15BrF3N/c14-10-11(16)8(6-9(15)12(10)17)13(7-18)4-2-1-3-5-13/h6H,1-5,7,18H2. The Kier molecular flexibility index (Phi) is 4.02. The van der Waals surface area contributed by atoms with Crippen LogP contribution in [0.4, 0.5) is 13.2 Å². The van der Waals surface area contributed by atoms with E-state index in [0.717, 1.165) is 38.2 Å². The Bertz CT molecular complexity index is 456. The quantitative estimate of drug-likeness (QED) is 0.646. The second-order valence-electron chi connectivity index (χ2n) is 4.89. The minimum atomic E-state index is -1.18. The van der Waals surface area contributed by atoms with Crippen molar-refractivity contribution in [3.63, 3.8) is 0 Å². The van der Waals surface area contributed by atoms with E-state index in [0.29, 0.717) is 0 Å². The molecule has 0 aliphatic heterocycles. The average molecular weight is 322 g/mol. The monoisotopic (exact) mass is 321 g/mol. The molecule has 0 aromatic heterocycles. The van der Waals surface area contributed by atoms with Crippen LogP contribution in [0, 0.1) is 17.5 Å². The van der Waals surface area contributed by atoms with Crippen LogP contribution in [0.2, 0.25) is 0 Å². The van der Waals surface area contributed by atoms with Crippen LogP contribution in [0.5, 0.6) is 0 Å². The molecule has 100 valence electrons. The molecule has 0 spiro atoms. The highest BCUT2D eigenvalue weighted by Crippen LogP contribution is 2.42. The first-order chi connectivity index (χ1) is 8.52. The summed E-state index contributed by atoms with van der Waals surface area (Å²) in [6, 6.07) is 0.966. The van der Waals surface area contributed by atoms with Crippen molar-refractivity contribution >= 4 is 15.9 Å². The molecule has 1 aromatic carbocycles. The highest BCUT2D eigenvalue weighted by molar-refractivity contribution is 9.10. The van der Waals surface area contributed by atoms with E-state index in [1.807, 2.05) is 0 Å². The molecule has 0 heterocycles. The largest absolute Gasteiger partial charge is 0.330 e. The molecule has 0 atom stereocenters. The van der Waals surface area contributed by atoms with Crippen LogP contribution in [0.15, 0.2) is 10.5 Å². The summed E-state index contributed by atoms with van der Waals surface area (Å²) in [5.74, 6) is -2.93. The Hall–Kier alpha value is -0.550. The number of benzene rings is 1. The van der Waals surface area contributed by atoms with Gasteiger partial charge in [0.2, 0.25) is 0 Å². The molecule has 2 rings (SSSR count). The van der Waals surface area contributed by atoms with Gasteiger partial charge in [-0.2, -0.15) is 0 Å². The van der Waals surface area contributed by atoms with Crippen molar-refractivity contribution in [1.82, 2.24) is 0 Å². The molecule has 0 bridgehead atoms. The van der Waals surface area contributed by atoms with Gasteiger partial charge in [0, 0.05) is 12.0 Å². The zero-order chi connectivity index (χ0) is 13.3. The zero-order valence-electron chi connectivity index (χ0n) is 9.91. The minimum absolute atomic E-state index is 0.204. The van der Waals surface area contributed by atoms with Crippen molar-refractivity contribution in [1.29, 1.82) is 0 Å². The van der Waals surface area contributed by atoms with Crippen molar-refractivity contribution < 1.29 is 13.2 Å². The fourth-order valence-electron chi connectivity index (χ4n) is 2.77. The van der Waals surface area contributed by atoms with Gasteiger partial charge in [-0.3, -0.25) is 0 Å². The Morgan fingerprint density at radius 2 is 1.72 bits per heavy atom. The van der Waals surface area contributed by atoms with E-state index in [9.17, 15) is 13.2 Å². The lowest BCUT2D eigenvalue weighted by molar-refractivity contribution is 0.288. The second-order valence-corrected chi connectivity index (χ2v) is 5.69. The Morgan fingerprint density at radius 3 is 2.28 bits per heavy atom. The van der Waals surface area contributed by atoms with Crippen LogP contribution in [0.25, 0.3) is 0 Å². The van der Waals surface area contributed by atoms with Gasteiger partial charge in [-0.15, -0.1) is 0 Å². The molecule has 5 heteroatoms. The van der Waals surface area contributed by atoms with E-state index in [1.165, 1.54) is 0 Å². The van der Waals surface area contributed by atoms with Gasteiger partial charge in [0.05, 0.1) is 4.47 Å². The molecule has 1 saturated carbocycles. The van der Waals surface area contributed by atoms with Gasteiger partial charge in [0.25, 0.3) is 0 Å². The van der Waals surface area contributed by atoms with E-state index in [2.05, 4.69) is 15.9 Å². The first-order valence-electron chi connectivity index (χ1n) is 6.05. The van der Waals surface area contributed by atoms with Crippen LogP contribution >= 0.6 is 15.9 Å². The molecule has 0 radical (unpaired) electrons. The van der Waals surface area contributed by atoms with Gasteiger partial charge in [0.15, 0.2) is 11.6 Å². The Labute approximate surface area is 113 Å². The highest BCUT2D eigenvalue weighted by atomic mass is 79.9. The van der Waals surface area contributed by atoms with Gasteiger partial charge in [-0.05, 0) is 40.4 Å². The van der Waals surface area contributed by atoms with Crippen molar-refractivity contribution in [3.05, 3.63) is 33.6 Å². The van der Waals surface area contributed by atoms with Crippen molar-refractivity contribution in [2.45, 2.75) is 37.5 Å². The molecule has 1 nitrogen and oxygen atoms in total. The van der Waals surface area contributed by atoms with Crippen molar-refractivity contribution in [2.75, 3.05) is 6.54 Å². The van der Waals surface area contributed by atoms with Crippen LogP contribution in [0.3, 0.4) is 0 Å². The summed E-state index contributed by atoms with van der Waals surface area (Å²) in [6.07, 6.45) is 4.39. The molecular weight excluding hydrogens is 307 g/mol. The zero-order valence-corrected chi connectivity index (χ0v) is 11.5. The van der Waals surface area contributed by atoms with Crippen molar-refractivity contribution in [3.8, 4) is 0 Å². The number of rotatable bonds is 2. The molecule has 0 saturated heterocycles. The van der Waals surface area contributed by atoms with Gasteiger partial charge < -0.3 is 5.73 Å². The summed E-state index contributed by atoms with van der Waals surface area (Å²) in [5, 5.41) is 0. The lowest BCUT2D eigenvalue weighted by atomic mass is 9.69. The number of hydrogen-bond acceptors (Lipinski definition) is 1. The number of halogens is 4. The summed E-state index contributed by atoms with van der Waals surface area (Å²) in [5.41, 5.74) is 5.43. The van der Waals surface area contributed by atoms with Crippen LogP contribution < -0.4 is 5.73 Å². The summed E-state index contributed by atoms with van der Waals surface area (Å²) < 4.78 is 40.5. The molecule has 1 aliphatic rings. The number of nitrogens with two attached hydrogens (primary N) is 1. The Morgan fingerprint density at radius 1 is 1.11 bits per heavy atom. The Balaban J connectivity index is 2.55. The lowest BCUT2D eigenvalue weighted by Crippen LogP contribution is -2.38. The normalized spacial score (nSPS) is 18.9. The van der Waals surface area contributed by atoms with E-state index in [4.69, 9.17) is 5.73 Å².